The Morgan fingerprint density at radius 2 is 1.75 bits per heavy atom. The second-order valence-corrected chi connectivity index (χ2v) is 11.9. The molecule has 0 spiro atoms. The molecule has 0 bridgehead atoms. The van der Waals surface area contributed by atoms with Gasteiger partial charge in [-0.3, -0.25) is 19.3 Å². The molecule has 40 heavy (non-hydrogen) atoms. The van der Waals surface area contributed by atoms with Crippen molar-refractivity contribution in [1.82, 2.24) is 14.5 Å². The summed E-state index contributed by atoms with van der Waals surface area (Å²) in [7, 11) is 0. The van der Waals surface area contributed by atoms with Crippen LogP contribution in [0.3, 0.4) is 0 Å². The molecule has 3 aromatic rings. The topological polar surface area (TPSA) is 105 Å². The molecule has 9 nitrogen and oxygen atoms in total. The Balaban J connectivity index is 1.51. The monoisotopic (exact) mass is 674 g/mol. The van der Waals surface area contributed by atoms with Gasteiger partial charge >= 0.3 is 12.1 Å². The minimum absolute atomic E-state index is 0.0400. The fraction of sp³-hybridized carbons (Fsp3) is 0.414. The highest BCUT2D eigenvalue weighted by molar-refractivity contribution is 9.13. The number of hydrogen-bond acceptors (Lipinski definition) is 8. The van der Waals surface area contributed by atoms with Gasteiger partial charge in [0.1, 0.15) is 18.0 Å². The van der Waals surface area contributed by atoms with Crippen LogP contribution < -0.4 is 0 Å². The van der Waals surface area contributed by atoms with Gasteiger partial charge in [0.05, 0.1) is 17.1 Å². The van der Waals surface area contributed by atoms with Crippen molar-refractivity contribution in [3.8, 4) is 5.69 Å². The Morgan fingerprint density at radius 1 is 1.02 bits per heavy atom. The van der Waals surface area contributed by atoms with E-state index in [1.54, 1.807) is 12.4 Å². The first-order valence-corrected chi connectivity index (χ1v) is 14.7. The third-order valence-electron chi connectivity index (χ3n) is 6.56. The number of rotatable bonds is 9. The Labute approximate surface area is 250 Å². The van der Waals surface area contributed by atoms with Crippen LogP contribution in [-0.2, 0) is 19.0 Å². The summed E-state index contributed by atoms with van der Waals surface area (Å²) in [5, 5.41) is 0. The van der Waals surface area contributed by atoms with Crippen molar-refractivity contribution in [3.63, 3.8) is 0 Å². The van der Waals surface area contributed by atoms with E-state index in [1.807, 2.05) is 65.0 Å². The molecule has 4 rings (SSSR count). The largest absolute Gasteiger partial charge is 0.511 e. The molecule has 212 valence electrons. The van der Waals surface area contributed by atoms with E-state index in [0.29, 0.717) is 23.7 Å². The number of ether oxygens (including phenoxy) is 3. The van der Waals surface area contributed by atoms with Crippen LogP contribution >= 0.6 is 31.9 Å². The van der Waals surface area contributed by atoms with Gasteiger partial charge in [0, 0.05) is 39.0 Å². The number of carbonyl (C=O) groups excluding carboxylic acids is 2. The lowest BCUT2D eigenvalue weighted by atomic mass is 9.96. The maximum absolute atomic E-state index is 12.6. The van der Waals surface area contributed by atoms with Crippen LogP contribution in [0.25, 0.3) is 5.69 Å². The quantitative estimate of drug-likeness (QED) is 0.176. The first-order valence-electron chi connectivity index (χ1n) is 13.1. The van der Waals surface area contributed by atoms with Crippen LogP contribution in [0.15, 0.2) is 56.7 Å². The average molecular weight is 676 g/mol. The highest BCUT2D eigenvalue weighted by Crippen LogP contribution is 2.37. The Morgan fingerprint density at radius 3 is 2.42 bits per heavy atom. The number of aromatic nitrogens is 3. The minimum Gasteiger partial charge on any atom is -0.430 e. The summed E-state index contributed by atoms with van der Waals surface area (Å²) in [6.45, 7) is 9.33. The van der Waals surface area contributed by atoms with E-state index in [1.165, 1.54) is 0 Å². The van der Waals surface area contributed by atoms with E-state index in [2.05, 4.69) is 46.4 Å². The van der Waals surface area contributed by atoms with Crippen LogP contribution in [0.4, 0.5) is 4.79 Å². The van der Waals surface area contributed by atoms with Gasteiger partial charge in [-0.15, -0.1) is 0 Å². The highest BCUT2D eigenvalue weighted by Gasteiger charge is 2.29. The Bertz CT molecular complexity index is 1400. The van der Waals surface area contributed by atoms with Crippen molar-refractivity contribution >= 4 is 49.7 Å². The molecule has 1 aliphatic rings. The van der Waals surface area contributed by atoms with Gasteiger partial charge in [0.25, 0.3) is 0 Å². The molecule has 0 N–H and O–H groups in total. The van der Waals surface area contributed by atoms with Gasteiger partial charge in [-0.1, -0.05) is 33.8 Å². The number of halogens is 2. The first-order chi connectivity index (χ1) is 19.1. The normalized spacial score (nSPS) is 14.4. The molecule has 0 saturated heterocycles. The highest BCUT2D eigenvalue weighted by atomic mass is 79.9. The van der Waals surface area contributed by atoms with Gasteiger partial charge in [0.2, 0.25) is 6.79 Å². The summed E-state index contributed by atoms with van der Waals surface area (Å²) in [4.78, 5) is 39.0. The van der Waals surface area contributed by atoms with Gasteiger partial charge in [-0.25, -0.2) is 9.78 Å². The van der Waals surface area contributed by atoms with Crippen LogP contribution in [0.1, 0.15) is 69.4 Å². The van der Waals surface area contributed by atoms with Crippen molar-refractivity contribution in [1.29, 1.82) is 0 Å². The summed E-state index contributed by atoms with van der Waals surface area (Å²) in [5.41, 5.74) is 4.13. The number of fused-ring (bicyclic) bond motifs is 3. The van der Waals surface area contributed by atoms with E-state index >= 15 is 0 Å². The third-order valence-corrected chi connectivity index (χ3v) is 8.40. The maximum atomic E-state index is 12.6. The molecule has 1 atom stereocenters. The van der Waals surface area contributed by atoms with Gasteiger partial charge in [0.15, 0.2) is 0 Å². The van der Waals surface area contributed by atoms with Crippen molar-refractivity contribution in [2.45, 2.75) is 59.6 Å². The molecule has 1 aliphatic heterocycles. The fourth-order valence-corrected chi connectivity index (χ4v) is 5.43. The molecule has 11 heteroatoms. The third kappa shape index (κ3) is 6.80. The van der Waals surface area contributed by atoms with Crippen LogP contribution in [0, 0.1) is 18.8 Å². The summed E-state index contributed by atoms with van der Waals surface area (Å²) in [6.07, 6.45) is 2.74. The molecule has 0 fully saturated rings. The second-order valence-electron chi connectivity index (χ2n) is 10.2. The molecule has 0 aliphatic carbocycles. The van der Waals surface area contributed by atoms with E-state index in [9.17, 15) is 9.59 Å². The van der Waals surface area contributed by atoms with Crippen LogP contribution in [0.5, 0.6) is 0 Å². The molecule has 0 amide bonds. The molecule has 0 radical (unpaired) electrons. The Hall–Kier alpha value is -3.05. The number of esters is 1. The predicted octanol–water partition coefficient (Wildman–Crippen LogP) is 7.11. The van der Waals surface area contributed by atoms with Crippen molar-refractivity contribution < 1.29 is 23.8 Å². The molecule has 1 aromatic carbocycles. The van der Waals surface area contributed by atoms with Crippen LogP contribution in [0.2, 0.25) is 0 Å². The van der Waals surface area contributed by atoms with Crippen LogP contribution in [-0.4, -0.2) is 45.3 Å². The lowest BCUT2D eigenvalue weighted by Gasteiger charge is -2.24. The number of aryl methyl sites for hydroxylation is 1. The van der Waals surface area contributed by atoms with Crippen molar-refractivity contribution in [2.75, 3.05) is 6.79 Å². The van der Waals surface area contributed by atoms with Crippen molar-refractivity contribution in [3.05, 3.63) is 74.4 Å². The number of nitrogens with zero attached hydrogens (tertiary/aromatic N) is 4. The summed E-state index contributed by atoms with van der Waals surface area (Å²) in [5.74, 6) is 0.459. The lowest BCUT2D eigenvalue weighted by Crippen LogP contribution is -2.29. The number of imidazole rings is 1. The number of benzene rings is 1. The van der Waals surface area contributed by atoms with Gasteiger partial charge < -0.3 is 14.2 Å². The molecule has 3 heterocycles. The molecular weight excluding hydrogens is 644 g/mol. The zero-order chi connectivity index (χ0) is 29.0. The molecular formula is C29H32Br2N4O5. The number of aliphatic imine (C=N–C) groups is 1. The van der Waals surface area contributed by atoms with Gasteiger partial charge in [-0.2, -0.15) is 0 Å². The predicted molar refractivity (Wildman–Crippen MR) is 158 cm³/mol. The summed E-state index contributed by atoms with van der Waals surface area (Å²) < 4.78 is 19.4. The maximum Gasteiger partial charge on any atom is 0.511 e. The summed E-state index contributed by atoms with van der Waals surface area (Å²) in [6, 6.07) is 9.25. The average Bonchev–Trinajstić information content (AvgIpc) is 3.23. The fourth-order valence-electron chi connectivity index (χ4n) is 4.76. The standard InChI is InChI=1S/C29H32Br2N4O5/c1-16(2)27(17(3)4)40-29(37)39-15-38-25(36)10-9-23-28-33-14-18(5)35(28)24-13-21(31)20(30)12-19(24)26(34-23)22-8-6-7-11-32-22/h6-8,11-14,16-17,23,27H,9-10,15H2,1-5H3/t23-/m0/s1. The van der Waals surface area contributed by atoms with Crippen molar-refractivity contribution in [2.24, 2.45) is 16.8 Å². The molecule has 2 aromatic heterocycles. The number of hydrogen-bond donors (Lipinski definition) is 0. The Kier molecular flexibility index (Phi) is 9.78. The van der Waals surface area contributed by atoms with Gasteiger partial charge in [-0.05, 0) is 81.3 Å². The lowest BCUT2D eigenvalue weighted by molar-refractivity contribution is -0.154. The minimum atomic E-state index is -0.860. The zero-order valence-electron chi connectivity index (χ0n) is 23.1. The van der Waals surface area contributed by atoms with E-state index < -0.39 is 25.0 Å². The first kappa shape index (κ1) is 29.9. The molecule has 0 unspecified atom stereocenters. The van der Waals surface area contributed by atoms with E-state index in [-0.39, 0.29) is 24.4 Å². The SMILES string of the molecule is Cc1cnc2n1-c1cc(Br)c(Br)cc1C(c1ccccn1)=N[C@H]2CCC(=O)OCOC(=O)OC(C(C)C)C(C)C. The zero-order valence-corrected chi connectivity index (χ0v) is 26.2. The van der Waals surface area contributed by atoms with E-state index in [0.717, 1.165) is 25.9 Å². The number of pyridine rings is 1. The second kappa shape index (κ2) is 13.1. The number of carbonyl (C=O) groups is 2. The van der Waals surface area contributed by atoms with E-state index in [4.69, 9.17) is 19.2 Å². The summed E-state index contributed by atoms with van der Waals surface area (Å²) >= 11 is 7.25. The smallest absolute Gasteiger partial charge is 0.430 e. The molecule has 0 saturated carbocycles.